The summed E-state index contributed by atoms with van der Waals surface area (Å²) in [5, 5.41) is 14.9. The molecule has 0 atom stereocenters. The maximum absolute atomic E-state index is 10.7. The van der Waals surface area contributed by atoms with E-state index in [1.165, 1.54) is 18.5 Å². The molecule has 0 N–H and O–H groups in total. The fourth-order valence-corrected chi connectivity index (χ4v) is 2.21. The Hall–Kier alpha value is -2.54. The monoisotopic (exact) mass is 344 g/mol. The predicted molar refractivity (Wildman–Crippen MR) is 81.1 cm³/mol. The van der Waals surface area contributed by atoms with Crippen LogP contribution in [0.25, 0.3) is 17.1 Å². The lowest BCUT2D eigenvalue weighted by Crippen LogP contribution is -1.99. The van der Waals surface area contributed by atoms with Gasteiger partial charge in [0, 0.05) is 22.2 Å². The Morgan fingerprint density at radius 3 is 2.33 bits per heavy atom. The fourth-order valence-electron chi connectivity index (χ4n) is 1.94. The van der Waals surface area contributed by atoms with E-state index in [4.69, 9.17) is 0 Å². The van der Waals surface area contributed by atoms with E-state index >= 15 is 0 Å². The normalized spacial score (nSPS) is 10.5. The highest BCUT2D eigenvalue weighted by Gasteiger charge is 2.11. The molecule has 0 unspecified atom stereocenters. The van der Waals surface area contributed by atoms with Gasteiger partial charge in [-0.05, 0) is 36.4 Å². The molecule has 0 radical (unpaired) electrons. The molecular formula is C14H9BrN4O2. The Kier molecular flexibility index (Phi) is 3.49. The van der Waals surface area contributed by atoms with Crippen molar-refractivity contribution >= 4 is 21.6 Å². The van der Waals surface area contributed by atoms with Crippen LogP contribution in [0.3, 0.4) is 0 Å². The fraction of sp³-hybridized carbons (Fsp3) is 0. The number of aromatic nitrogens is 3. The molecule has 0 aliphatic carbocycles. The number of hydrogen-bond donors (Lipinski definition) is 0. The van der Waals surface area contributed by atoms with Crippen LogP contribution in [0.15, 0.2) is 59.3 Å². The van der Waals surface area contributed by atoms with E-state index in [1.807, 2.05) is 24.3 Å². The van der Waals surface area contributed by atoms with Gasteiger partial charge in [0.25, 0.3) is 5.69 Å². The topological polar surface area (TPSA) is 73.8 Å². The van der Waals surface area contributed by atoms with Crippen molar-refractivity contribution < 1.29 is 4.92 Å². The Morgan fingerprint density at radius 1 is 1.05 bits per heavy atom. The summed E-state index contributed by atoms with van der Waals surface area (Å²) in [5.41, 5.74) is 1.68. The first kappa shape index (κ1) is 13.4. The first-order valence-electron chi connectivity index (χ1n) is 6.06. The third-order valence-corrected chi connectivity index (χ3v) is 3.48. The van der Waals surface area contributed by atoms with Gasteiger partial charge in [0.2, 0.25) is 0 Å². The number of nitro groups is 1. The SMILES string of the molecule is O=[N+]([O-])c1ccc(-c2ncnn2-c2ccc(Br)cc2)cc1. The van der Waals surface area contributed by atoms with E-state index in [0.717, 1.165) is 15.7 Å². The molecule has 7 heteroatoms. The minimum absolute atomic E-state index is 0.0495. The van der Waals surface area contributed by atoms with Crippen molar-refractivity contribution in [3.8, 4) is 17.1 Å². The van der Waals surface area contributed by atoms with Crippen molar-refractivity contribution in [2.24, 2.45) is 0 Å². The van der Waals surface area contributed by atoms with Crippen molar-refractivity contribution in [3.63, 3.8) is 0 Å². The molecule has 0 saturated carbocycles. The molecule has 3 aromatic rings. The number of non-ortho nitro benzene ring substituents is 1. The second-order valence-electron chi connectivity index (χ2n) is 4.28. The number of halogens is 1. The zero-order chi connectivity index (χ0) is 14.8. The highest BCUT2D eigenvalue weighted by molar-refractivity contribution is 9.10. The third-order valence-electron chi connectivity index (χ3n) is 2.96. The third kappa shape index (κ3) is 2.68. The number of rotatable bonds is 3. The van der Waals surface area contributed by atoms with Crippen molar-refractivity contribution in [1.29, 1.82) is 0 Å². The number of nitrogens with zero attached hydrogens (tertiary/aromatic N) is 4. The highest BCUT2D eigenvalue weighted by Crippen LogP contribution is 2.23. The molecule has 2 aromatic carbocycles. The lowest BCUT2D eigenvalue weighted by molar-refractivity contribution is -0.384. The van der Waals surface area contributed by atoms with Crippen LogP contribution in [-0.4, -0.2) is 19.7 Å². The molecule has 0 spiro atoms. The van der Waals surface area contributed by atoms with Gasteiger partial charge < -0.3 is 0 Å². The largest absolute Gasteiger partial charge is 0.269 e. The van der Waals surface area contributed by atoms with Crippen molar-refractivity contribution in [2.45, 2.75) is 0 Å². The molecule has 0 amide bonds. The van der Waals surface area contributed by atoms with Crippen LogP contribution in [0.5, 0.6) is 0 Å². The van der Waals surface area contributed by atoms with E-state index in [1.54, 1.807) is 16.8 Å². The van der Waals surface area contributed by atoms with E-state index in [9.17, 15) is 10.1 Å². The summed E-state index contributed by atoms with van der Waals surface area (Å²) in [6.07, 6.45) is 1.46. The Labute approximate surface area is 128 Å². The van der Waals surface area contributed by atoms with Gasteiger partial charge in [-0.1, -0.05) is 15.9 Å². The van der Waals surface area contributed by atoms with Gasteiger partial charge in [-0.3, -0.25) is 10.1 Å². The Morgan fingerprint density at radius 2 is 1.71 bits per heavy atom. The second-order valence-corrected chi connectivity index (χ2v) is 5.19. The van der Waals surface area contributed by atoms with Gasteiger partial charge in [-0.25, -0.2) is 9.67 Å². The molecule has 104 valence electrons. The highest BCUT2D eigenvalue weighted by atomic mass is 79.9. The first-order chi connectivity index (χ1) is 10.1. The van der Waals surface area contributed by atoms with Crippen LogP contribution in [0, 0.1) is 10.1 Å². The summed E-state index contributed by atoms with van der Waals surface area (Å²) in [6.45, 7) is 0. The van der Waals surface area contributed by atoms with Crippen LogP contribution in [-0.2, 0) is 0 Å². The standard InChI is InChI=1S/C14H9BrN4O2/c15-11-3-7-12(8-4-11)18-14(16-9-17-18)10-1-5-13(6-2-10)19(20)21/h1-9H. The summed E-state index contributed by atoms with van der Waals surface area (Å²) in [5.74, 6) is 0.632. The zero-order valence-electron chi connectivity index (χ0n) is 10.7. The quantitative estimate of drug-likeness (QED) is 0.537. The van der Waals surface area contributed by atoms with Crippen molar-refractivity contribution in [3.05, 3.63) is 69.4 Å². The maximum atomic E-state index is 10.7. The second kappa shape index (κ2) is 5.45. The summed E-state index contributed by atoms with van der Waals surface area (Å²) in [7, 11) is 0. The van der Waals surface area contributed by atoms with Crippen LogP contribution < -0.4 is 0 Å². The average molecular weight is 345 g/mol. The van der Waals surface area contributed by atoms with E-state index in [-0.39, 0.29) is 5.69 Å². The molecule has 6 nitrogen and oxygen atoms in total. The van der Waals surface area contributed by atoms with E-state index in [0.29, 0.717) is 5.82 Å². The van der Waals surface area contributed by atoms with Gasteiger partial charge >= 0.3 is 0 Å². The molecule has 1 heterocycles. The summed E-state index contributed by atoms with van der Waals surface area (Å²) < 4.78 is 2.66. The van der Waals surface area contributed by atoms with Gasteiger partial charge in [-0.15, -0.1) is 0 Å². The first-order valence-corrected chi connectivity index (χ1v) is 6.85. The number of nitro benzene ring substituents is 1. The molecule has 1 aromatic heterocycles. The number of benzene rings is 2. The average Bonchev–Trinajstić information content (AvgIpc) is 2.97. The van der Waals surface area contributed by atoms with Gasteiger partial charge in [0.05, 0.1) is 10.6 Å². The van der Waals surface area contributed by atoms with Crippen molar-refractivity contribution in [1.82, 2.24) is 14.8 Å². The van der Waals surface area contributed by atoms with E-state index in [2.05, 4.69) is 26.0 Å². The summed E-state index contributed by atoms with van der Waals surface area (Å²) in [4.78, 5) is 14.5. The molecule has 21 heavy (non-hydrogen) atoms. The molecule has 0 aliphatic heterocycles. The summed E-state index contributed by atoms with van der Waals surface area (Å²) in [6, 6.07) is 13.9. The molecule has 0 bridgehead atoms. The molecule has 0 saturated heterocycles. The molecule has 3 rings (SSSR count). The maximum Gasteiger partial charge on any atom is 0.269 e. The minimum atomic E-state index is -0.427. The minimum Gasteiger partial charge on any atom is -0.258 e. The lowest BCUT2D eigenvalue weighted by Gasteiger charge is -2.06. The number of hydrogen-bond acceptors (Lipinski definition) is 4. The molecule has 0 aliphatic rings. The zero-order valence-corrected chi connectivity index (χ0v) is 12.3. The van der Waals surface area contributed by atoms with Crippen LogP contribution in [0.2, 0.25) is 0 Å². The lowest BCUT2D eigenvalue weighted by atomic mass is 10.2. The van der Waals surface area contributed by atoms with Crippen molar-refractivity contribution in [2.75, 3.05) is 0 Å². The van der Waals surface area contributed by atoms with Gasteiger partial charge in [0.15, 0.2) is 5.82 Å². The van der Waals surface area contributed by atoms with Crippen LogP contribution in [0.4, 0.5) is 5.69 Å². The predicted octanol–water partition coefficient (Wildman–Crippen LogP) is 3.61. The molecule has 0 fully saturated rings. The van der Waals surface area contributed by atoms with Gasteiger partial charge in [0.1, 0.15) is 6.33 Å². The van der Waals surface area contributed by atoms with Crippen LogP contribution in [0.1, 0.15) is 0 Å². The Balaban J connectivity index is 2.02. The smallest absolute Gasteiger partial charge is 0.258 e. The summed E-state index contributed by atoms with van der Waals surface area (Å²) >= 11 is 3.38. The Bertz CT molecular complexity index is 781. The van der Waals surface area contributed by atoms with E-state index < -0.39 is 4.92 Å². The van der Waals surface area contributed by atoms with Crippen LogP contribution >= 0.6 is 15.9 Å². The van der Waals surface area contributed by atoms with Gasteiger partial charge in [-0.2, -0.15) is 5.10 Å². The molecular weight excluding hydrogens is 336 g/mol.